The van der Waals surface area contributed by atoms with Crippen LogP contribution in [0.4, 0.5) is 11.6 Å². The van der Waals surface area contributed by atoms with Crippen LogP contribution in [0.25, 0.3) is 11.0 Å². The highest BCUT2D eigenvalue weighted by molar-refractivity contribution is 9.10. The largest absolute Gasteiger partial charge is 0.457 e. The number of ether oxygens (including phenoxy) is 2. The van der Waals surface area contributed by atoms with Crippen molar-refractivity contribution in [3.8, 4) is 11.5 Å². The fourth-order valence-corrected chi connectivity index (χ4v) is 3.34. The van der Waals surface area contributed by atoms with Crippen molar-refractivity contribution in [1.82, 2.24) is 15.0 Å². The first-order valence-corrected chi connectivity index (χ1v) is 10.9. The smallest absolute Gasteiger partial charge is 0.357 e. The van der Waals surface area contributed by atoms with E-state index < -0.39 is 11.6 Å². The van der Waals surface area contributed by atoms with Gasteiger partial charge in [-0.15, -0.1) is 0 Å². The summed E-state index contributed by atoms with van der Waals surface area (Å²) in [5.74, 6) is 1.28. The Hall–Kier alpha value is -3.39. The number of halogens is 1. The van der Waals surface area contributed by atoms with Gasteiger partial charge in [0.25, 0.3) is 0 Å². The van der Waals surface area contributed by atoms with Gasteiger partial charge in [0, 0.05) is 28.0 Å². The van der Waals surface area contributed by atoms with E-state index in [9.17, 15) is 4.79 Å². The zero-order chi connectivity index (χ0) is 22.9. The molecule has 0 saturated carbocycles. The minimum Gasteiger partial charge on any atom is -0.457 e. The lowest BCUT2D eigenvalue weighted by Gasteiger charge is -2.19. The number of pyridine rings is 1. The number of aryl methyl sites for hydroxylation is 1. The SMILES string of the molecule is Cc1c(Oc2ccnc(C(=O)OC(C)(C)C)c2)ccc2[nH]c(Nc3ccc(Br)cc3)nc12. The van der Waals surface area contributed by atoms with E-state index in [0.29, 0.717) is 17.4 Å². The molecule has 0 fully saturated rings. The standard InChI is InChI=1S/C24H23BrN4O3/c1-14-20(31-17-11-12-26-19(13-17)22(30)32-24(2,3)4)10-9-18-21(14)29-23(28-18)27-16-7-5-15(25)6-8-16/h5-13H,1-4H3,(H2,27,28,29). The van der Waals surface area contributed by atoms with Crippen molar-refractivity contribution < 1.29 is 14.3 Å². The first kappa shape index (κ1) is 21.8. The van der Waals surface area contributed by atoms with Gasteiger partial charge in [0.15, 0.2) is 5.69 Å². The Balaban J connectivity index is 1.56. The van der Waals surface area contributed by atoms with Crippen LogP contribution in [0, 0.1) is 6.92 Å². The number of hydrogen-bond acceptors (Lipinski definition) is 6. The highest BCUT2D eigenvalue weighted by Gasteiger charge is 2.19. The van der Waals surface area contributed by atoms with Crippen LogP contribution in [0.2, 0.25) is 0 Å². The van der Waals surface area contributed by atoms with Crippen molar-refractivity contribution in [1.29, 1.82) is 0 Å². The van der Waals surface area contributed by atoms with Crippen molar-refractivity contribution in [3.05, 3.63) is 70.5 Å². The van der Waals surface area contributed by atoms with E-state index in [-0.39, 0.29) is 5.69 Å². The maximum absolute atomic E-state index is 12.3. The Labute approximate surface area is 194 Å². The summed E-state index contributed by atoms with van der Waals surface area (Å²) in [6.45, 7) is 7.38. The average molecular weight is 495 g/mol. The number of fused-ring (bicyclic) bond motifs is 1. The van der Waals surface area contributed by atoms with Gasteiger partial charge in [-0.05, 0) is 70.2 Å². The number of nitrogens with one attached hydrogen (secondary N) is 2. The molecule has 2 aromatic carbocycles. The molecule has 32 heavy (non-hydrogen) atoms. The molecule has 164 valence electrons. The van der Waals surface area contributed by atoms with Crippen LogP contribution in [0.15, 0.2) is 59.2 Å². The number of H-pyrrole nitrogens is 1. The highest BCUT2D eigenvalue weighted by Crippen LogP contribution is 2.31. The summed E-state index contributed by atoms with van der Waals surface area (Å²) in [5.41, 5.74) is 3.07. The molecule has 4 aromatic rings. The number of rotatable bonds is 5. The molecular formula is C24H23BrN4O3. The van der Waals surface area contributed by atoms with Gasteiger partial charge < -0.3 is 19.8 Å². The second-order valence-electron chi connectivity index (χ2n) is 8.28. The third-order valence-electron chi connectivity index (χ3n) is 4.53. The predicted octanol–water partition coefficient (Wildman–Crippen LogP) is 6.52. The number of imidazole rings is 1. The minimum atomic E-state index is -0.598. The zero-order valence-electron chi connectivity index (χ0n) is 18.2. The summed E-state index contributed by atoms with van der Waals surface area (Å²) < 4.78 is 12.4. The second kappa shape index (κ2) is 8.63. The van der Waals surface area contributed by atoms with Crippen molar-refractivity contribution in [2.75, 3.05) is 5.32 Å². The quantitative estimate of drug-likeness (QED) is 0.307. The first-order valence-electron chi connectivity index (χ1n) is 10.1. The number of carbonyl (C=O) groups is 1. The number of aromatic nitrogens is 3. The van der Waals surface area contributed by atoms with Crippen LogP contribution >= 0.6 is 15.9 Å². The molecule has 4 rings (SSSR count). The molecule has 0 saturated heterocycles. The molecule has 0 spiro atoms. The maximum Gasteiger partial charge on any atom is 0.357 e. The van der Waals surface area contributed by atoms with E-state index in [4.69, 9.17) is 9.47 Å². The number of nitrogens with zero attached hydrogens (tertiary/aromatic N) is 2. The van der Waals surface area contributed by atoms with Crippen LogP contribution in [0.5, 0.6) is 11.5 Å². The van der Waals surface area contributed by atoms with E-state index >= 15 is 0 Å². The third-order valence-corrected chi connectivity index (χ3v) is 5.06. The van der Waals surface area contributed by atoms with Crippen LogP contribution in [-0.4, -0.2) is 26.5 Å². The highest BCUT2D eigenvalue weighted by atomic mass is 79.9. The fourth-order valence-electron chi connectivity index (χ4n) is 3.08. The predicted molar refractivity (Wildman–Crippen MR) is 128 cm³/mol. The number of anilines is 2. The molecule has 2 heterocycles. The van der Waals surface area contributed by atoms with Gasteiger partial charge in [0.2, 0.25) is 5.95 Å². The number of benzene rings is 2. The molecule has 0 aliphatic heterocycles. The second-order valence-corrected chi connectivity index (χ2v) is 9.20. The summed E-state index contributed by atoms with van der Waals surface area (Å²) in [4.78, 5) is 24.4. The fraction of sp³-hybridized carbons (Fsp3) is 0.208. The van der Waals surface area contributed by atoms with Gasteiger partial charge in [-0.2, -0.15) is 0 Å². The number of esters is 1. The van der Waals surface area contributed by atoms with Gasteiger partial charge >= 0.3 is 5.97 Å². The Morgan fingerprint density at radius 1 is 1.09 bits per heavy atom. The summed E-state index contributed by atoms with van der Waals surface area (Å²) in [6.07, 6.45) is 1.53. The third kappa shape index (κ3) is 5.08. The van der Waals surface area contributed by atoms with Gasteiger partial charge in [-0.1, -0.05) is 15.9 Å². The molecule has 2 aromatic heterocycles. The van der Waals surface area contributed by atoms with E-state index in [0.717, 1.165) is 26.8 Å². The Morgan fingerprint density at radius 2 is 1.84 bits per heavy atom. The summed E-state index contributed by atoms with van der Waals surface area (Å²) >= 11 is 3.43. The van der Waals surface area contributed by atoms with E-state index in [1.165, 1.54) is 6.20 Å². The number of hydrogen-bond donors (Lipinski definition) is 2. The van der Waals surface area contributed by atoms with Crippen LogP contribution in [0.1, 0.15) is 36.8 Å². The lowest BCUT2D eigenvalue weighted by atomic mass is 10.2. The minimum absolute atomic E-state index is 0.192. The molecule has 0 aliphatic rings. The lowest BCUT2D eigenvalue weighted by Crippen LogP contribution is -2.24. The monoisotopic (exact) mass is 494 g/mol. The normalized spacial score (nSPS) is 11.4. The van der Waals surface area contributed by atoms with Crippen molar-refractivity contribution in [3.63, 3.8) is 0 Å². The topological polar surface area (TPSA) is 89.1 Å². The molecule has 0 unspecified atom stereocenters. The van der Waals surface area contributed by atoms with Gasteiger partial charge in [-0.3, -0.25) is 0 Å². The molecule has 7 nitrogen and oxygen atoms in total. The summed E-state index contributed by atoms with van der Waals surface area (Å²) in [7, 11) is 0. The van der Waals surface area contributed by atoms with E-state index in [1.54, 1.807) is 12.1 Å². The van der Waals surface area contributed by atoms with Crippen LogP contribution in [0.3, 0.4) is 0 Å². The van der Waals surface area contributed by atoms with Crippen molar-refractivity contribution in [2.45, 2.75) is 33.3 Å². The summed E-state index contributed by atoms with van der Waals surface area (Å²) in [5, 5.41) is 3.27. The molecule has 0 bridgehead atoms. The van der Waals surface area contributed by atoms with Crippen molar-refractivity contribution in [2.24, 2.45) is 0 Å². The molecule has 0 amide bonds. The van der Waals surface area contributed by atoms with E-state index in [1.807, 2.05) is 64.1 Å². The molecule has 8 heteroatoms. The molecule has 0 atom stereocenters. The first-order chi connectivity index (χ1) is 15.2. The number of aromatic amines is 1. The van der Waals surface area contributed by atoms with Crippen LogP contribution in [-0.2, 0) is 4.74 Å². The van der Waals surface area contributed by atoms with Gasteiger partial charge in [-0.25, -0.2) is 14.8 Å². The summed E-state index contributed by atoms with van der Waals surface area (Å²) in [6, 6.07) is 14.9. The van der Waals surface area contributed by atoms with E-state index in [2.05, 4.69) is 36.2 Å². The Kier molecular flexibility index (Phi) is 5.88. The Morgan fingerprint density at radius 3 is 2.56 bits per heavy atom. The van der Waals surface area contributed by atoms with Gasteiger partial charge in [0.05, 0.1) is 11.0 Å². The zero-order valence-corrected chi connectivity index (χ0v) is 19.8. The molecular weight excluding hydrogens is 472 g/mol. The van der Waals surface area contributed by atoms with Crippen LogP contribution < -0.4 is 10.1 Å². The Bertz CT molecular complexity index is 1280. The molecule has 0 aliphatic carbocycles. The van der Waals surface area contributed by atoms with Gasteiger partial charge in [0.1, 0.15) is 17.1 Å². The number of carbonyl (C=O) groups excluding carboxylic acids is 1. The van der Waals surface area contributed by atoms with Crippen molar-refractivity contribution >= 4 is 44.6 Å². The maximum atomic E-state index is 12.3. The molecule has 0 radical (unpaired) electrons. The molecule has 2 N–H and O–H groups in total. The average Bonchev–Trinajstić information content (AvgIpc) is 3.14. The lowest BCUT2D eigenvalue weighted by molar-refractivity contribution is 0.00624.